The van der Waals surface area contributed by atoms with Crippen LogP contribution in [-0.4, -0.2) is 47.2 Å². The van der Waals surface area contributed by atoms with Crippen molar-refractivity contribution >= 4 is 5.82 Å². The molecule has 2 aliphatic heterocycles. The van der Waals surface area contributed by atoms with Gasteiger partial charge < -0.3 is 10.1 Å². The van der Waals surface area contributed by atoms with Crippen LogP contribution in [0.3, 0.4) is 0 Å². The van der Waals surface area contributed by atoms with Gasteiger partial charge in [-0.25, -0.2) is 9.97 Å². The monoisotopic (exact) mass is 338 g/mol. The lowest BCUT2D eigenvalue weighted by Crippen LogP contribution is -2.38. The molecular weight excluding hydrogens is 312 g/mol. The number of benzene rings is 1. The maximum absolute atomic E-state index is 5.48. The van der Waals surface area contributed by atoms with E-state index in [1.807, 2.05) is 0 Å². The van der Waals surface area contributed by atoms with Crippen LogP contribution in [0, 0.1) is 0 Å². The van der Waals surface area contributed by atoms with Gasteiger partial charge in [0.15, 0.2) is 0 Å². The quantitative estimate of drug-likeness (QED) is 0.908. The van der Waals surface area contributed by atoms with Crippen molar-refractivity contribution in [2.45, 2.75) is 37.8 Å². The Balaban J connectivity index is 1.29. The van der Waals surface area contributed by atoms with Crippen LogP contribution < -0.4 is 5.32 Å². The predicted molar refractivity (Wildman–Crippen MR) is 98.6 cm³/mol. The molecule has 2 aliphatic rings. The molecule has 0 saturated carbocycles. The Morgan fingerprint density at radius 2 is 1.92 bits per heavy atom. The molecular formula is C20H26N4O. The van der Waals surface area contributed by atoms with Gasteiger partial charge in [-0.15, -0.1) is 0 Å². The highest BCUT2D eigenvalue weighted by molar-refractivity contribution is 5.37. The van der Waals surface area contributed by atoms with Crippen LogP contribution in [-0.2, 0) is 11.3 Å². The molecule has 0 spiro atoms. The van der Waals surface area contributed by atoms with Crippen molar-refractivity contribution in [3.05, 3.63) is 54.0 Å². The van der Waals surface area contributed by atoms with E-state index in [-0.39, 0.29) is 0 Å². The highest BCUT2D eigenvalue weighted by atomic mass is 16.5. The molecule has 3 heterocycles. The summed E-state index contributed by atoms with van der Waals surface area (Å²) in [5, 5.41) is 3.61. The van der Waals surface area contributed by atoms with E-state index in [4.69, 9.17) is 4.74 Å². The van der Waals surface area contributed by atoms with Crippen molar-refractivity contribution < 1.29 is 4.74 Å². The normalized spacial score (nSPS) is 22.2. The van der Waals surface area contributed by atoms with Gasteiger partial charge in [-0.05, 0) is 24.8 Å². The zero-order valence-electron chi connectivity index (χ0n) is 14.6. The molecule has 2 saturated heterocycles. The Bertz CT molecular complexity index is 664. The number of nitrogens with zero attached hydrogens (tertiary/aromatic N) is 3. The zero-order chi connectivity index (χ0) is 16.9. The van der Waals surface area contributed by atoms with Gasteiger partial charge in [0.05, 0.1) is 12.3 Å². The van der Waals surface area contributed by atoms with E-state index in [1.165, 1.54) is 5.56 Å². The number of anilines is 1. The molecule has 0 radical (unpaired) electrons. The molecule has 25 heavy (non-hydrogen) atoms. The van der Waals surface area contributed by atoms with Gasteiger partial charge in [0.2, 0.25) is 0 Å². The average molecular weight is 338 g/mol. The van der Waals surface area contributed by atoms with Crippen LogP contribution in [0.1, 0.15) is 36.4 Å². The summed E-state index contributed by atoms with van der Waals surface area (Å²) in [6.07, 6.45) is 5.05. The first-order valence-corrected chi connectivity index (χ1v) is 9.29. The minimum Gasteiger partial charge on any atom is -0.381 e. The molecule has 1 N–H and O–H groups in total. The molecule has 1 atom stereocenters. The smallest absolute Gasteiger partial charge is 0.129 e. The van der Waals surface area contributed by atoms with Gasteiger partial charge in [-0.3, -0.25) is 4.90 Å². The minimum atomic E-state index is 0.427. The van der Waals surface area contributed by atoms with E-state index in [9.17, 15) is 0 Å². The third kappa shape index (κ3) is 4.35. The first-order valence-electron chi connectivity index (χ1n) is 9.29. The summed E-state index contributed by atoms with van der Waals surface area (Å²) in [5.74, 6) is 1.38. The number of hydrogen-bond acceptors (Lipinski definition) is 5. The van der Waals surface area contributed by atoms with Crippen molar-refractivity contribution in [3.8, 4) is 0 Å². The Morgan fingerprint density at radius 3 is 2.68 bits per heavy atom. The molecule has 0 unspecified atom stereocenters. The SMILES string of the molecule is c1ccc(CN2CCC(Nc3cc([C@H]4CCOC4)ncn3)CC2)cc1. The zero-order valence-corrected chi connectivity index (χ0v) is 14.6. The third-order valence-corrected chi connectivity index (χ3v) is 5.22. The highest BCUT2D eigenvalue weighted by Crippen LogP contribution is 2.25. The van der Waals surface area contributed by atoms with Gasteiger partial charge in [0.1, 0.15) is 12.1 Å². The number of hydrogen-bond donors (Lipinski definition) is 1. The molecule has 5 heteroatoms. The van der Waals surface area contributed by atoms with Crippen molar-refractivity contribution in [2.24, 2.45) is 0 Å². The van der Waals surface area contributed by atoms with Gasteiger partial charge in [0, 0.05) is 44.3 Å². The Labute approximate surface area is 149 Å². The fourth-order valence-electron chi connectivity index (χ4n) is 3.73. The van der Waals surface area contributed by atoms with Gasteiger partial charge in [0.25, 0.3) is 0 Å². The number of likely N-dealkylation sites (tertiary alicyclic amines) is 1. The third-order valence-electron chi connectivity index (χ3n) is 5.22. The maximum Gasteiger partial charge on any atom is 0.129 e. The molecule has 132 valence electrons. The van der Waals surface area contributed by atoms with Crippen LogP contribution in [0.15, 0.2) is 42.7 Å². The molecule has 0 amide bonds. The largest absolute Gasteiger partial charge is 0.381 e. The Hall–Kier alpha value is -1.98. The molecule has 5 nitrogen and oxygen atoms in total. The van der Waals surface area contributed by atoms with Gasteiger partial charge in [-0.1, -0.05) is 30.3 Å². The fourth-order valence-corrected chi connectivity index (χ4v) is 3.73. The molecule has 0 bridgehead atoms. The second-order valence-corrected chi connectivity index (χ2v) is 7.07. The lowest BCUT2D eigenvalue weighted by Gasteiger charge is -2.32. The van der Waals surface area contributed by atoms with Crippen molar-refractivity contribution in [1.82, 2.24) is 14.9 Å². The Morgan fingerprint density at radius 1 is 1.08 bits per heavy atom. The summed E-state index contributed by atoms with van der Waals surface area (Å²) in [5.41, 5.74) is 2.50. The number of ether oxygens (including phenoxy) is 1. The van der Waals surface area contributed by atoms with E-state index in [1.54, 1.807) is 6.33 Å². The van der Waals surface area contributed by atoms with Crippen LogP contribution in [0.4, 0.5) is 5.82 Å². The van der Waals surface area contributed by atoms with E-state index in [2.05, 4.69) is 56.6 Å². The van der Waals surface area contributed by atoms with Crippen LogP contribution in [0.25, 0.3) is 0 Å². The fraction of sp³-hybridized carbons (Fsp3) is 0.500. The van der Waals surface area contributed by atoms with E-state index >= 15 is 0 Å². The van der Waals surface area contributed by atoms with E-state index in [0.29, 0.717) is 12.0 Å². The van der Waals surface area contributed by atoms with E-state index < -0.39 is 0 Å². The van der Waals surface area contributed by atoms with Crippen LogP contribution in [0.5, 0.6) is 0 Å². The lowest BCUT2D eigenvalue weighted by molar-refractivity contribution is 0.193. The number of nitrogens with one attached hydrogen (secondary N) is 1. The van der Waals surface area contributed by atoms with Crippen LogP contribution >= 0.6 is 0 Å². The summed E-state index contributed by atoms with van der Waals surface area (Å²) in [4.78, 5) is 11.4. The molecule has 2 fully saturated rings. The maximum atomic E-state index is 5.48. The topological polar surface area (TPSA) is 50.3 Å². The first-order chi connectivity index (χ1) is 12.4. The summed E-state index contributed by atoms with van der Waals surface area (Å²) < 4.78 is 5.48. The van der Waals surface area contributed by atoms with Gasteiger partial charge in [-0.2, -0.15) is 0 Å². The molecule has 2 aromatic rings. The predicted octanol–water partition coefficient (Wildman–Crippen LogP) is 3.06. The van der Waals surface area contributed by atoms with Crippen LogP contribution in [0.2, 0.25) is 0 Å². The average Bonchev–Trinajstić information content (AvgIpc) is 3.19. The van der Waals surface area contributed by atoms with E-state index in [0.717, 1.165) is 63.6 Å². The standard InChI is InChI=1S/C20H26N4O/c1-2-4-16(5-3-1)13-24-9-6-18(7-10-24)23-20-12-19(21-15-22-20)17-8-11-25-14-17/h1-5,12,15,17-18H,6-11,13-14H2,(H,21,22,23)/t17-/m0/s1. The second-order valence-electron chi connectivity index (χ2n) is 7.07. The van der Waals surface area contributed by atoms with Crippen molar-refractivity contribution in [2.75, 3.05) is 31.6 Å². The summed E-state index contributed by atoms with van der Waals surface area (Å²) in [7, 11) is 0. The highest BCUT2D eigenvalue weighted by Gasteiger charge is 2.22. The first kappa shape index (κ1) is 16.5. The minimum absolute atomic E-state index is 0.427. The molecule has 1 aromatic carbocycles. The molecule has 1 aromatic heterocycles. The van der Waals surface area contributed by atoms with Crippen molar-refractivity contribution in [1.29, 1.82) is 0 Å². The summed E-state index contributed by atoms with van der Waals surface area (Å²) >= 11 is 0. The van der Waals surface area contributed by atoms with Crippen molar-refractivity contribution in [3.63, 3.8) is 0 Å². The number of aromatic nitrogens is 2. The Kier molecular flexibility index (Phi) is 5.23. The second kappa shape index (κ2) is 7.93. The number of piperidine rings is 1. The van der Waals surface area contributed by atoms with Gasteiger partial charge >= 0.3 is 0 Å². The number of rotatable bonds is 5. The summed E-state index contributed by atoms with van der Waals surface area (Å²) in [6.45, 7) is 4.93. The summed E-state index contributed by atoms with van der Waals surface area (Å²) in [6, 6.07) is 13.3. The lowest BCUT2D eigenvalue weighted by atomic mass is 10.0. The molecule has 0 aliphatic carbocycles. The molecule has 4 rings (SSSR count).